The van der Waals surface area contributed by atoms with E-state index in [9.17, 15) is 10.2 Å². The van der Waals surface area contributed by atoms with Crippen LogP contribution in [0.25, 0.3) is 5.57 Å². The van der Waals surface area contributed by atoms with Gasteiger partial charge in [-0.3, -0.25) is 0 Å². The second kappa shape index (κ2) is 5.10. The van der Waals surface area contributed by atoms with Crippen molar-refractivity contribution in [3.63, 3.8) is 0 Å². The third kappa shape index (κ3) is 1.85. The number of hydrogen-bond acceptors (Lipinski definition) is 2. The van der Waals surface area contributed by atoms with E-state index in [1.54, 1.807) is 0 Å². The molecule has 0 aliphatic heterocycles. The van der Waals surface area contributed by atoms with Crippen molar-refractivity contribution in [2.45, 2.75) is 51.0 Å². The maximum absolute atomic E-state index is 10.8. The molecule has 2 unspecified atom stereocenters. The summed E-state index contributed by atoms with van der Waals surface area (Å²) in [5.74, 6) is 0.447. The third-order valence-electron chi connectivity index (χ3n) is 6.25. The van der Waals surface area contributed by atoms with Crippen LogP contribution in [0.5, 0.6) is 0 Å². The minimum Gasteiger partial charge on any atom is -0.508 e. The van der Waals surface area contributed by atoms with Gasteiger partial charge in [-0.05, 0) is 65.7 Å². The Bertz CT molecular complexity index is 747. The van der Waals surface area contributed by atoms with E-state index in [1.807, 2.05) is 12.2 Å². The van der Waals surface area contributed by atoms with Gasteiger partial charge in [0.2, 0.25) is 0 Å². The fraction of sp³-hybridized carbons (Fsp3) is 0.429. The second-order valence-electron chi connectivity index (χ2n) is 7.03. The standard InChI is InChI=1S/C21H24O2/c1-3-21(4-2)17-8-6-5-7-15(17)20-16-11-13(22)9-10-14(16)19(23)12-18(20)21/h5-9,11,14,19,22-23H,3-4,10,12H2,1-2H3. The number of hydrogen-bond donors (Lipinski definition) is 2. The van der Waals surface area contributed by atoms with Crippen molar-refractivity contribution in [1.29, 1.82) is 0 Å². The Hall–Kier alpha value is -1.80. The largest absolute Gasteiger partial charge is 0.508 e. The van der Waals surface area contributed by atoms with Gasteiger partial charge in [0.1, 0.15) is 5.76 Å². The predicted octanol–water partition coefficient (Wildman–Crippen LogP) is 4.66. The summed E-state index contributed by atoms with van der Waals surface area (Å²) in [4.78, 5) is 0. The first-order valence-electron chi connectivity index (χ1n) is 8.75. The van der Waals surface area contributed by atoms with Crippen molar-refractivity contribution < 1.29 is 10.2 Å². The van der Waals surface area contributed by atoms with E-state index in [-0.39, 0.29) is 17.4 Å². The quantitative estimate of drug-likeness (QED) is 0.834. The first-order chi connectivity index (χ1) is 11.1. The first kappa shape index (κ1) is 14.8. The number of rotatable bonds is 2. The lowest BCUT2D eigenvalue weighted by Gasteiger charge is -2.39. The molecule has 0 saturated carbocycles. The highest BCUT2D eigenvalue weighted by Gasteiger charge is 2.48. The molecule has 3 aliphatic carbocycles. The zero-order valence-corrected chi connectivity index (χ0v) is 13.8. The van der Waals surface area contributed by atoms with Gasteiger partial charge in [-0.1, -0.05) is 38.1 Å². The van der Waals surface area contributed by atoms with Crippen LogP contribution in [-0.2, 0) is 5.41 Å². The van der Waals surface area contributed by atoms with Crippen molar-refractivity contribution >= 4 is 5.57 Å². The number of allylic oxidation sites excluding steroid dienone is 3. The van der Waals surface area contributed by atoms with Crippen molar-refractivity contribution in [2.75, 3.05) is 0 Å². The molecule has 1 aromatic rings. The zero-order valence-electron chi connectivity index (χ0n) is 13.8. The molecule has 0 bridgehead atoms. The molecule has 120 valence electrons. The minimum absolute atomic E-state index is 0.0372. The van der Waals surface area contributed by atoms with Gasteiger partial charge in [-0.15, -0.1) is 0 Å². The van der Waals surface area contributed by atoms with Crippen LogP contribution in [0.1, 0.15) is 50.7 Å². The predicted molar refractivity (Wildman–Crippen MR) is 93.1 cm³/mol. The smallest absolute Gasteiger partial charge is 0.111 e. The number of aliphatic hydroxyl groups is 2. The molecule has 0 amide bonds. The summed E-state index contributed by atoms with van der Waals surface area (Å²) in [6.45, 7) is 4.50. The van der Waals surface area contributed by atoms with Crippen LogP contribution in [0.3, 0.4) is 0 Å². The fourth-order valence-corrected chi connectivity index (χ4v) is 5.04. The second-order valence-corrected chi connectivity index (χ2v) is 7.03. The molecular formula is C21H24O2. The molecule has 0 saturated heterocycles. The third-order valence-corrected chi connectivity index (χ3v) is 6.25. The number of fused-ring (bicyclic) bond motifs is 4. The normalized spacial score (nSPS) is 27.8. The summed E-state index contributed by atoms with van der Waals surface area (Å²) >= 11 is 0. The number of benzene rings is 1. The summed E-state index contributed by atoms with van der Waals surface area (Å²) in [6.07, 6.45) is 6.93. The van der Waals surface area contributed by atoms with Crippen molar-refractivity contribution in [2.24, 2.45) is 5.92 Å². The van der Waals surface area contributed by atoms with E-state index in [2.05, 4.69) is 38.1 Å². The highest BCUT2D eigenvalue weighted by atomic mass is 16.3. The Kier molecular flexibility index (Phi) is 3.28. The van der Waals surface area contributed by atoms with Gasteiger partial charge in [0.15, 0.2) is 0 Å². The van der Waals surface area contributed by atoms with Crippen LogP contribution in [-0.4, -0.2) is 16.3 Å². The van der Waals surface area contributed by atoms with Crippen LogP contribution in [0, 0.1) is 5.92 Å². The maximum atomic E-state index is 10.8. The maximum Gasteiger partial charge on any atom is 0.111 e. The van der Waals surface area contributed by atoms with Gasteiger partial charge < -0.3 is 10.2 Å². The summed E-state index contributed by atoms with van der Waals surface area (Å²) in [6, 6.07) is 8.69. The molecule has 2 atom stereocenters. The van der Waals surface area contributed by atoms with E-state index in [4.69, 9.17) is 0 Å². The lowest BCUT2D eigenvalue weighted by Crippen LogP contribution is -2.33. The van der Waals surface area contributed by atoms with E-state index in [0.29, 0.717) is 5.76 Å². The van der Waals surface area contributed by atoms with Gasteiger partial charge in [-0.25, -0.2) is 0 Å². The highest BCUT2D eigenvalue weighted by molar-refractivity contribution is 5.91. The van der Waals surface area contributed by atoms with Crippen molar-refractivity contribution in [3.8, 4) is 0 Å². The molecule has 2 heteroatoms. The Morgan fingerprint density at radius 3 is 2.65 bits per heavy atom. The van der Waals surface area contributed by atoms with Crippen molar-refractivity contribution in [1.82, 2.24) is 0 Å². The Labute approximate surface area is 137 Å². The highest BCUT2D eigenvalue weighted by Crippen LogP contribution is 2.58. The molecule has 0 aromatic heterocycles. The summed E-state index contributed by atoms with van der Waals surface area (Å²) in [5.41, 5.74) is 6.57. The average molecular weight is 308 g/mol. The average Bonchev–Trinajstić information content (AvgIpc) is 2.85. The molecule has 1 aromatic carbocycles. The topological polar surface area (TPSA) is 40.5 Å². The van der Waals surface area contributed by atoms with Gasteiger partial charge in [0, 0.05) is 11.3 Å². The zero-order chi connectivity index (χ0) is 16.2. The van der Waals surface area contributed by atoms with Gasteiger partial charge in [0.25, 0.3) is 0 Å². The first-order valence-corrected chi connectivity index (χ1v) is 8.75. The molecular weight excluding hydrogens is 284 g/mol. The molecule has 3 aliphatic rings. The monoisotopic (exact) mass is 308 g/mol. The lowest BCUT2D eigenvalue weighted by molar-refractivity contribution is 0.118. The Morgan fingerprint density at radius 1 is 1.17 bits per heavy atom. The van der Waals surface area contributed by atoms with E-state index < -0.39 is 0 Å². The molecule has 0 heterocycles. The Morgan fingerprint density at radius 2 is 1.91 bits per heavy atom. The molecule has 0 spiro atoms. The lowest BCUT2D eigenvalue weighted by atomic mass is 9.67. The van der Waals surface area contributed by atoms with Gasteiger partial charge >= 0.3 is 0 Å². The molecule has 2 nitrogen and oxygen atoms in total. The van der Waals surface area contributed by atoms with Crippen molar-refractivity contribution in [3.05, 3.63) is 64.4 Å². The molecule has 23 heavy (non-hydrogen) atoms. The van der Waals surface area contributed by atoms with E-state index in [1.165, 1.54) is 22.3 Å². The SMILES string of the molecule is CCC1(CC)C2=C(C3=CC(O)=CCC3C(O)C2)c2ccccc21. The summed E-state index contributed by atoms with van der Waals surface area (Å²) in [7, 11) is 0. The summed E-state index contributed by atoms with van der Waals surface area (Å²) in [5, 5.41) is 20.8. The van der Waals surface area contributed by atoms with Crippen LogP contribution in [0.4, 0.5) is 0 Å². The fourth-order valence-electron chi connectivity index (χ4n) is 5.04. The van der Waals surface area contributed by atoms with Crippen LogP contribution in [0.2, 0.25) is 0 Å². The van der Waals surface area contributed by atoms with Crippen LogP contribution in [0.15, 0.2) is 53.3 Å². The van der Waals surface area contributed by atoms with E-state index in [0.717, 1.165) is 31.3 Å². The van der Waals surface area contributed by atoms with Gasteiger partial charge in [0.05, 0.1) is 6.10 Å². The van der Waals surface area contributed by atoms with E-state index >= 15 is 0 Å². The number of aliphatic hydroxyl groups excluding tert-OH is 2. The molecule has 0 radical (unpaired) electrons. The summed E-state index contributed by atoms with van der Waals surface area (Å²) < 4.78 is 0. The van der Waals surface area contributed by atoms with Crippen LogP contribution < -0.4 is 0 Å². The molecule has 0 fully saturated rings. The minimum atomic E-state index is -0.351. The van der Waals surface area contributed by atoms with Gasteiger partial charge in [-0.2, -0.15) is 0 Å². The Balaban J connectivity index is 2.02. The molecule has 4 rings (SSSR count). The van der Waals surface area contributed by atoms with Crippen LogP contribution >= 0.6 is 0 Å². The molecule has 2 N–H and O–H groups in total.